The Balaban J connectivity index is 1.88. The first-order chi connectivity index (χ1) is 8.98. The summed E-state index contributed by atoms with van der Waals surface area (Å²) >= 11 is 0. The Labute approximate surface area is 113 Å². The van der Waals surface area contributed by atoms with Crippen LogP contribution < -0.4 is 11.3 Å². The topological polar surface area (TPSA) is 71.5 Å². The van der Waals surface area contributed by atoms with Crippen LogP contribution in [0.15, 0.2) is 23.1 Å². The number of nitrogens with two attached hydrogens (primary N) is 1. The number of rotatable bonds is 5. The van der Waals surface area contributed by atoms with E-state index in [0.29, 0.717) is 18.8 Å². The molecule has 0 aliphatic heterocycles. The van der Waals surface area contributed by atoms with Gasteiger partial charge in [0.05, 0.1) is 5.60 Å². The van der Waals surface area contributed by atoms with Crippen LogP contribution in [0.1, 0.15) is 25.7 Å². The van der Waals surface area contributed by atoms with Crippen molar-refractivity contribution in [1.29, 1.82) is 0 Å². The number of aromatic nitrogens is 1. The highest BCUT2D eigenvalue weighted by atomic mass is 16.3. The molecule has 1 heterocycles. The zero-order chi connectivity index (χ0) is 13.9. The first-order valence-corrected chi connectivity index (χ1v) is 6.85. The molecule has 0 spiro atoms. The van der Waals surface area contributed by atoms with Gasteiger partial charge in [0.1, 0.15) is 0 Å². The highest BCUT2D eigenvalue weighted by molar-refractivity contribution is 5.33. The quantitative estimate of drug-likeness (QED) is 0.821. The Morgan fingerprint density at radius 2 is 2.11 bits per heavy atom. The minimum atomic E-state index is -0.532. The first kappa shape index (κ1) is 14.1. The lowest BCUT2D eigenvalue weighted by Gasteiger charge is -2.28. The lowest BCUT2D eigenvalue weighted by atomic mass is 10.0. The van der Waals surface area contributed by atoms with E-state index >= 15 is 0 Å². The molecule has 0 unspecified atom stereocenters. The smallest absolute Gasteiger partial charge is 0.250 e. The van der Waals surface area contributed by atoms with E-state index in [2.05, 4.69) is 4.90 Å². The van der Waals surface area contributed by atoms with E-state index in [1.54, 1.807) is 16.8 Å². The lowest BCUT2D eigenvalue weighted by Crippen LogP contribution is -2.40. The Bertz CT molecular complexity index is 478. The van der Waals surface area contributed by atoms with Crippen molar-refractivity contribution < 1.29 is 5.11 Å². The maximum atomic E-state index is 11.6. The van der Waals surface area contributed by atoms with Gasteiger partial charge in [0.25, 0.3) is 5.56 Å². The Morgan fingerprint density at radius 3 is 2.79 bits per heavy atom. The summed E-state index contributed by atoms with van der Waals surface area (Å²) in [6.45, 7) is 1.99. The third-order valence-corrected chi connectivity index (χ3v) is 3.83. The Morgan fingerprint density at radius 1 is 1.42 bits per heavy atom. The molecule has 19 heavy (non-hydrogen) atoms. The molecule has 106 valence electrons. The lowest BCUT2D eigenvalue weighted by molar-refractivity contribution is 0.0157. The normalized spacial score (nSPS) is 18.1. The summed E-state index contributed by atoms with van der Waals surface area (Å²) in [5.74, 6) is 0. The maximum Gasteiger partial charge on any atom is 0.250 e. The predicted molar refractivity (Wildman–Crippen MR) is 76.0 cm³/mol. The van der Waals surface area contributed by atoms with Crippen molar-refractivity contribution in [2.24, 2.45) is 0 Å². The highest BCUT2D eigenvalue weighted by Gasteiger charge is 2.31. The van der Waals surface area contributed by atoms with Gasteiger partial charge in [-0.2, -0.15) is 0 Å². The monoisotopic (exact) mass is 265 g/mol. The van der Waals surface area contributed by atoms with Crippen molar-refractivity contribution in [3.8, 4) is 0 Å². The summed E-state index contributed by atoms with van der Waals surface area (Å²) in [6.07, 6.45) is 5.66. The van der Waals surface area contributed by atoms with Gasteiger partial charge < -0.3 is 20.3 Å². The van der Waals surface area contributed by atoms with E-state index in [0.717, 1.165) is 32.2 Å². The number of likely N-dealkylation sites (N-methyl/N-ethyl adjacent to an activating group) is 1. The number of hydrogen-bond acceptors (Lipinski definition) is 4. The molecule has 1 aliphatic rings. The molecule has 0 aromatic carbocycles. The minimum Gasteiger partial charge on any atom is -0.398 e. The van der Waals surface area contributed by atoms with Crippen molar-refractivity contribution in [2.75, 3.05) is 25.9 Å². The summed E-state index contributed by atoms with van der Waals surface area (Å²) in [5, 5.41) is 10.3. The second-order valence-corrected chi connectivity index (χ2v) is 5.66. The Hall–Kier alpha value is -1.33. The Kier molecular flexibility index (Phi) is 4.27. The zero-order valence-corrected chi connectivity index (χ0v) is 11.5. The van der Waals surface area contributed by atoms with Gasteiger partial charge >= 0.3 is 0 Å². The fourth-order valence-electron chi connectivity index (χ4n) is 2.78. The van der Waals surface area contributed by atoms with Gasteiger partial charge in [0, 0.05) is 37.6 Å². The van der Waals surface area contributed by atoms with E-state index in [9.17, 15) is 9.90 Å². The number of nitrogens with zero attached hydrogens (tertiary/aromatic N) is 2. The SMILES string of the molecule is CN(CCn1cc(N)ccc1=O)CC1(O)CCCC1. The molecule has 1 fully saturated rings. The van der Waals surface area contributed by atoms with Crippen molar-refractivity contribution in [3.05, 3.63) is 28.7 Å². The van der Waals surface area contributed by atoms with E-state index in [-0.39, 0.29) is 5.56 Å². The molecule has 1 aliphatic carbocycles. The molecule has 1 aromatic heterocycles. The molecule has 0 amide bonds. The molecule has 5 heteroatoms. The zero-order valence-electron chi connectivity index (χ0n) is 11.5. The molecule has 5 nitrogen and oxygen atoms in total. The third-order valence-electron chi connectivity index (χ3n) is 3.83. The number of hydrogen-bond donors (Lipinski definition) is 2. The molecule has 0 bridgehead atoms. The van der Waals surface area contributed by atoms with Crippen LogP contribution in [0.25, 0.3) is 0 Å². The number of nitrogen functional groups attached to an aromatic ring is 1. The largest absolute Gasteiger partial charge is 0.398 e. The van der Waals surface area contributed by atoms with E-state index in [1.807, 2.05) is 7.05 Å². The highest BCUT2D eigenvalue weighted by Crippen LogP contribution is 2.29. The average Bonchev–Trinajstić information content (AvgIpc) is 2.77. The van der Waals surface area contributed by atoms with Crippen LogP contribution in [0.4, 0.5) is 5.69 Å². The molecule has 1 saturated carbocycles. The van der Waals surface area contributed by atoms with Crippen molar-refractivity contribution in [2.45, 2.75) is 37.8 Å². The van der Waals surface area contributed by atoms with Crippen LogP contribution in [0.3, 0.4) is 0 Å². The van der Waals surface area contributed by atoms with Gasteiger partial charge in [0.2, 0.25) is 0 Å². The molecular formula is C14H23N3O2. The first-order valence-electron chi connectivity index (χ1n) is 6.85. The van der Waals surface area contributed by atoms with Crippen LogP contribution in [0.5, 0.6) is 0 Å². The van der Waals surface area contributed by atoms with Crippen molar-refractivity contribution in [1.82, 2.24) is 9.47 Å². The second kappa shape index (κ2) is 5.75. The summed E-state index contributed by atoms with van der Waals surface area (Å²) in [4.78, 5) is 13.7. The predicted octanol–water partition coefficient (Wildman–Crippen LogP) is 0.667. The van der Waals surface area contributed by atoms with Crippen molar-refractivity contribution >= 4 is 5.69 Å². The van der Waals surface area contributed by atoms with E-state index in [4.69, 9.17) is 5.73 Å². The van der Waals surface area contributed by atoms with Gasteiger partial charge in [-0.1, -0.05) is 12.8 Å². The average molecular weight is 265 g/mol. The summed E-state index contributed by atoms with van der Waals surface area (Å²) in [7, 11) is 1.98. The molecule has 2 rings (SSSR count). The van der Waals surface area contributed by atoms with Crippen LogP contribution in [-0.4, -0.2) is 40.3 Å². The summed E-state index contributed by atoms with van der Waals surface area (Å²) < 4.78 is 1.62. The standard InChI is InChI=1S/C14H23N3O2/c1-16(11-14(19)6-2-3-7-14)8-9-17-10-12(15)4-5-13(17)18/h4-5,10,19H,2-3,6-9,11,15H2,1H3. The van der Waals surface area contributed by atoms with Crippen LogP contribution in [0, 0.1) is 0 Å². The molecule has 0 atom stereocenters. The van der Waals surface area contributed by atoms with Gasteiger partial charge in [-0.15, -0.1) is 0 Å². The van der Waals surface area contributed by atoms with Crippen LogP contribution >= 0.6 is 0 Å². The molecule has 0 radical (unpaired) electrons. The van der Waals surface area contributed by atoms with E-state index in [1.165, 1.54) is 6.07 Å². The van der Waals surface area contributed by atoms with Gasteiger partial charge in [0.15, 0.2) is 0 Å². The fraction of sp³-hybridized carbons (Fsp3) is 0.643. The summed E-state index contributed by atoms with van der Waals surface area (Å²) in [5.41, 5.74) is 5.70. The van der Waals surface area contributed by atoms with Crippen LogP contribution in [-0.2, 0) is 6.54 Å². The van der Waals surface area contributed by atoms with Gasteiger partial charge in [-0.3, -0.25) is 4.79 Å². The van der Waals surface area contributed by atoms with Gasteiger partial charge in [-0.25, -0.2) is 0 Å². The molecule has 0 saturated heterocycles. The molecule has 1 aromatic rings. The third kappa shape index (κ3) is 3.81. The molecule has 3 N–H and O–H groups in total. The van der Waals surface area contributed by atoms with Crippen molar-refractivity contribution in [3.63, 3.8) is 0 Å². The summed E-state index contributed by atoms with van der Waals surface area (Å²) in [6, 6.07) is 3.10. The van der Waals surface area contributed by atoms with E-state index < -0.39 is 5.60 Å². The number of aliphatic hydroxyl groups is 1. The number of anilines is 1. The van der Waals surface area contributed by atoms with Gasteiger partial charge in [-0.05, 0) is 26.0 Å². The minimum absolute atomic E-state index is 0.0396. The fourth-order valence-corrected chi connectivity index (χ4v) is 2.78. The maximum absolute atomic E-state index is 11.6. The molecular weight excluding hydrogens is 242 g/mol. The number of pyridine rings is 1. The second-order valence-electron chi connectivity index (χ2n) is 5.66. The van der Waals surface area contributed by atoms with Crippen LogP contribution in [0.2, 0.25) is 0 Å².